The zero-order valence-corrected chi connectivity index (χ0v) is 13.8. The van der Waals surface area contributed by atoms with Gasteiger partial charge >= 0.3 is 0 Å². The predicted molar refractivity (Wildman–Crippen MR) is 87.8 cm³/mol. The van der Waals surface area contributed by atoms with E-state index in [1.165, 1.54) is 4.88 Å². The van der Waals surface area contributed by atoms with E-state index in [9.17, 15) is 4.79 Å². The normalized spacial score (nSPS) is 10.9. The van der Waals surface area contributed by atoms with E-state index in [0.29, 0.717) is 0 Å². The first kappa shape index (κ1) is 15.0. The molecule has 104 valence electrons. The highest BCUT2D eigenvalue weighted by Gasteiger charge is 2.06. The first-order valence-electron chi connectivity index (χ1n) is 6.28. The summed E-state index contributed by atoms with van der Waals surface area (Å²) >= 11 is 4.97. The van der Waals surface area contributed by atoms with E-state index in [1.807, 2.05) is 30.3 Å². The number of hydrogen-bond donors (Lipinski definition) is 0. The van der Waals surface area contributed by atoms with E-state index in [1.54, 1.807) is 30.6 Å². The largest absolute Gasteiger partial charge is 0.496 e. The smallest absolute Gasteiger partial charge is 0.195 e. The van der Waals surface area contributed by atoms with Crippen LogP contribution in [0.15, 0.2) is 40.9 Å². The number of allylic oxidation sites excluding steroid dienone is 1. The lowest BCUT2D eigenvalue weighted by Crippen LogP contribution is -1.90. The van der Waals surface area contributed by atoms with Crippen LogP contribution in [0.3, 0.4) is 0 Å². The van der Waals surface area contributed by atoms with Gasteiger partial charge in [-0.1, -0.05) is 22.9 Å². The number of carbonyl (C=O) groups excluding carboxylic acids is 1. The van der Waals surface area contributed by atoms with Gasteiger partial charge in [0.25, 0.3) is 0 Å². The Labute approximate surface area is 131 Å². The molecule has 1 aromatic heterocycles. The molecule has 2 nitrogen and oxygen atoms in total. The number of thiophene rings is 1. The van der Waals surface area contributed by atoms with Gasteiger partial charge in [-0.3, -0.25) is 4.79 Å². The Kier molecular flexibility index (Phi) is 5.15. The van der Waals surface area contributed by atoms with Crippen LogP contribution in [-0.2, 0) is 6.42 Å². The van der Waals surface area contributed by atoms with Crippen LogP contribution in [0.25, 0.3) is 6.08 Å². The number of hydrogen-bond acceptors (Lipinski definition) is 3. The number of carbonyl (C=O) groups is 1. The van der Waals surface area contributed by atoms with Crippen LogP contribution in [0.2, 0.25) is 0 Å². The summed E-state index contributed by atoms with van der Waals surface area (Å²) in [7, 11) is 1.62. The Balaban J connectivity index is 2.20. The van der Waals surface area contributed by atoms with Crippen molar-refractivity contribution in [2.24, 2.45) is 0 Å². The number of halogens is 1. The molecule has 0 atom stereocenters. The average Bonchev–Trinajstić information content (AvgIpc) is 2.94. The summed E-state index contributed by atoms with van der Waals surface area (Å²) in [6.07, 6.45) is 4.34. The van der Waals surface area contributed by atoms with Gasteiger partial charge in [0.05, 0.1) is 12.0 Å². The highest BCUT2D eigenvalue weighted by Crippen LogP contribution is 2.25. The fourth-order valence-corrected chi connectivity index (χ4v) is 3.03. The SMILES string of the molecule is CCc1ccc(C(=O)/C=C/c2cc(Br)ccc2OC)s1. The zero-order valence-electron chi connectivity index (χ0n) is 11.4. The Bertz CT molecular complexity index is 644. The van der Waals surface area contributed by atoms with Gasteiger partial charge in [0, 0.05) is 14.9 Å². The van der Waals surface area contributed by atoms with E-state index >= 15 is 0 Å². The molecule has 0 aliphatic carbocycles. The fraction of sp³-hybridized carbons (Fsp3) is 0.188. The molecule has 0 amide bonds. The minimum absolute atomic E-state index is 0.0247. The Hall–Kier alpha value is -1.39. The molecule has 0 saturated carbocycles. The van der Waals surface area contributed by atoms with Crippen molar-refractivity contribution in [1.82, 2.24) is 0 Å². The fourth-order valence-electron chi connectivity index (χ4n) is 1.78. The average molecular weight is 351 g/mol. The van der Waals surface area contributed by atoms with Crippen LogP contribution in [0, 0.1) is 0 Å². The predicted octanol–water partition coefficient (Wildman–Crippen LogP) is 4.98. The van der Waals surface area contributed by atoms with Crippen molar-refractivity contribution in [2.75, 3.05) is 7.11 Å². The van der Waals surface area contributed by atoms with Crippen LogP contribution in [0.5, 0.6) is 5.75 Å². The Morgan fingerprint density at radius 1 is 1.35 bits per heavy atom. The lowest BCUT2D eigenvalue weighted by molar-refractivity contribution is 0.105. The summed E-state index contributed by atoms with van der Waals surface area (Å²) in [5, 5.41) is 0. The Morgan fingerprint density at radius 2 is 2.15 bits per heavy atom. The maximum absolute atomic E-state index is 12.1. The second-order valence-electron chi connectivity index (χ2n) is 4.20. The molecule has 0 radical (unpaired) electrons. The maximum atomic E-state index is 12.1. The van der Waals surface area contributed by atoms with Crippen molar-refractivity contribution >= 4 is 39.1 Å². The molecule has 0 bridgehead atoms. The molecule has 20 heavy (non-hydrogen) atoms. The van der Waals surface area contributed by atoms with Gasteiger partial charge in [-0.25, -0.2) is 0 Å². The van der Waals surface area contributed by atoms with Crippen LogP contribution < -0.4 is 4.74 Å². The van der Waals surface area contributed by atoms with Gasteiger partial charge in [0.1, 0.15) is 5.75 Å². The van der Waals surface area contributed by atoms with Crippen molar-refractivity contribution in [3.05, 3.63) is 56.2 Å². The molecule has 0 aliphatic rings. The topological polar surface area (TPSA) is 26.3 Å². The third-order valence-electron chi connectivity index (χ3n) is 2.86. The summed E-state index contributed by atoms with van der Waals surface area (Å²) < 4.78 is 6.23. The molecule has 2 aromatic rings. The van der Waals surface area contributed by atoms with Crippen molar-refractivity contribution in [1.29, 1.82) is 0 Å². The number of benzene rings is 1. The van der Waals surface area contributed by atoms with E-state index in [2.05, 4.69) is 22.9 Å². The highest BCUT2D eigenvalue weighted by atomic mass is 79.9. The van der Waals surface area contributed by atoms with Crippen LogP contribution in [0.1, 0.15) is 27.0 Å². The molecular weight excluding hydrogens is 336 g/mol. The second-order valence-corrected chi connectivity index (χ2v) is 6.29. The van der Waals surface area contributed by atoms with E-state index in [-0.39, 0.29) is 5.78 Å². The second kappa shape index (κ2) is 6.86. The van der Waals surface area contributed by atoms with Crippen LogP contribution in [0.4, 0.5) is 0 Å². The number of rotatable bonds is 5. The maximum Gasteiger partial charge on any atom is 0.195 e. The lowest BCUT2D eigenvalue weighted by atomic mass is 10.1. The third kappa shape index (κ3) is 3.58. The molecule has 0 spiro atoms. The third-order valence-corrected chi connectivity index (χ3v) is 4.60. The summed E-state index contributed by atoms with van der Waals surface area (Å²) in [5.74, 6) is 0.773. The minimum Gasteiger partial charge on any atom is -0.496 e. The summed E-state index contributed by atoms with van der Waals surface area (Å²) in [6.45, 7) is 2.09. The lowest BCUT2D eigenvalue weighted by Gasteiger charge is -2.04. The van der Waals surface area contributed by atoms with Gasteiger partial charge in [-0.2, -0.15) is 0 Å². The van der Waals surface area contributed by atoms with E-state index in [4.69, 9.17) is 4.74 Å². The van der Waals surface area contributed by atoms with E-state index < -0.39 is 0 Å². The summed E-state index contributed by atoms with van der Waals surface area (Å²) in [4.78, 5) is 14.1. The number of ether oxygens (including phenoxy) is 1. The van der Waals surface area contributed by atoms with Gasteiger partial charge in [0.15, 0.2) is 5.78 Å². The quantitative estimate of drug-likeness (QED) is 0.561. The van der Waals surface area contributed by atoms with Crippen molar-refractivity contribution in [3.8, 4) is 5.75 Å². The molecule has 0 fully saturated rings. The molecule has 1 heterocycles. The number of methoxy groups -OCH3 is 1. The van der Waals surface area contributed by atoms with Crippen LogP contribution in [-0.4, -0.2) is 12.9 Å². The van der Waals surface area contributed by atoms with E-state index in [0.717, 1.165) is 27.1 Å². The molecule has 0 unspecified atom stereocenters. The van der Waals surface area contributed by atoms with Crippen molar-refractivity contribution in [2.45, 2.75) is 13.3 Å². The minimum atomic E-state index is 0.0247. The molecule has 0 N–H and O–H groups in total. The van der Waals surface area contributed by atoms with Crippen molar-refractivity contribution < 1.29 is 9.53 Å². The molecule has 0 saturated heterocycles. The first-order chi connectivity index (χ1) is 9.63. The van der Waals surface area contributed by atoms with Gasteiger partial charge in [0.2, 0.25) is 0 Å². The van der Waals surface area contributed by atoms with Gasteiger partial charge in [-0.15, -0.1) is 11.3 Å². The molecule has 2 rings (SSSR count). The summed E-state index contributed by atoms with van der Waals surface area (Å²) in [6, 6.07) is 9.59. The van der Waals surface area contributed by atoms with Gasteiger partial charge in [-0.05, 0) is 48.9 Å². The number of aryl methyl sites for hydroxylation is 1. The molecule has 1 aromatic carbocycles. The summed E-state index contributed by atoms with van der Waals surface area (Å²) in [5.41, 5.74) is 0.877. The molecule has 0 aliphatic heterocycles. The molecular formula is C16H15BrO2S. The number of ketones is 1. The first-order valence-corrected chi connectivity index (χ1v) is 7.89. The van der Waals surface area contributed by atoms with Crippen LogP contribution >= 0.6 is 27.3 Å². The Morgan fingerprint density at radius 3 is 2.80 bits per heavy atom. The standard InChI is InChI=1S/C16H15BrO2S/c1-3-13-6-9-16(20-13)14(18)7-4-11-10-12(17)5-8-15(11)19-2/h4-10H,3H2,1-2H3/b7-4+. The van der Waals surface area contributed by atoms with Gasteiger partial charge < -0.3 is 4.74 Å². The molecule has 4 heteroatoms. The monoisotopic (exact) mass is 350 g/mol. The highest BCUT2D eigenvalue weighted by molar-refractivity contribution is 9.10. The van der Waals surface area contributed by atoms with Crippen molar-refractivity contribution in [3.63, 3.8) is 0 Å². The zero-order chi connectivity index (χ0) is 14.5.